The average molecular weight is 321 g/mol. The molecule has 6 heteroatoms. The molecule has 0 saturated heterocycles. The largest absolute Gasteiger partial charge is 0.493 e. The number of carbonyl (C=O) groups excluding carboxylic acids is 2. The first-order valence-electron chi connectivity index (χ1n) is 7.33. The Kier molecular flexibility index (Phi) is 7.83. The van der Waals surface area contributed by atoms with Crippen LogP contribution >= 0.6 is 0 Å². The second-order valence-electron chi connectivity index (χ2n) is 4.69. The van der Waals surface area contributed by atoms with Gasteiger partial charge >= 0.3 is 5.97 Å². The number of methoxy groups -OCH3 is 2. The third kappa shape index (κ3) is 5.41. The lowest BCUT2D eigenvalue weighted by Gasteiger charge is -2.17. The molecule has 0 aliphatic rings. The molecule has 0 radical (unpaired) electrons. The maximum Gasteiger partial charge on any atom is 0.307 e. The molecule has 0 bridgehead atoms. The average Bonchev–Trinajstić information content (AvgIpc) is 2.57. The van der Waals surface area contributed by atoms with Crippen LogP contribution in [-0.4, -0.2) is 45.2 Å². The van der Waals surface area contributed by atoms with Crippen molar-refractivity contribution < 1.29 is 23.8 Å². The molecule has 0 aliphatic carbocycles. The predicted octanol–water partition coefficient (Wildman–Crippen LogP) is 1.98. The molecule has 6 nitrogen and oxygen atoms in total. The van der Waals surface area contributed by atoms with Crippen molar-refractivity contribution in [1.82, 2.24) is 5.32 Å². The van der Waals surface area contributed by atoms with Crippen molar-refractivity contribution in [1.29, 1.82) is 0 Å². The van der Waals surface area contributed by atoms with Crippen molar-refractivity contribution in [3.63, 3.8) is 0 Å². The zero-order chi connectivity index (χ0) is 17.2. The maximum atomic E-state index is 12.7. The van der Waals surface area contributed by atoms with Crippen LogP contribution in [0.1, 0.15) is 23.7 Å². The van der Waals surface area contributed by atoms with Crippen LogP contribution in [0.4, 0.5) is 0 Å². The van der Waals surface area contributed by atoms with Crippen LogP contribution in [0.5, 0.6) is 11.5 Å². The van der Waals surface area contributed by atoms with Crippen LogP contribution in [0.2, 0.25) is 0 Å². The Hall–Kier alpha value is -2.34. The molecule has 0 aliphatic heterocycles. The number of ether oxygens (including phenoxy) is 3. The van der Waals surface area contributed by atoms with E-state index < -0.39 is 12.0 Å². The van der Waals surface area contributed by atoms with Gasteiger partial charge in [-0.15, -0.1) is 6.58 Å². The molecule has 1 atom stereocenters. The summed E-state index contributed by atoms with van der Waals surface area (Å²) < 4.78 is 15.3. The number of hydrogen-bond donors (Lipinski definition) is 1. The van der Waals surface area contributed by atoms with Crippen molar-refractivity contribution in [2.45, 2.75) is 19.4 Å². The smallest absolute Gasteiger partial charge is 0.307 e. The Balaban J connectivity index is 2.98. The van der Waals surface area contributed by atoms with Crippen LogP contribution in [0.25, 0.3) is 0 Å². The molecule has 1 aromatic rings. The highest BCUT2D eigenvalue weighted by atomic mass is 16.5. The van der Waals surface area contributed by atoms with E-state index in [2.05, 4.69) is 11.9 Å². The standard InChI is InChI=1S/C17H23NO5/c1-5-9-18-13(11-16(19)23-6-2)17(20)12-7-8-14(21-3)15(10-12)22-4/h5,7-8,10,13,18H,1,6,9,11H2,2-4H3. The minimum absolute atomic E-state index is 0.0468. The van der Waals surface area contributed by atoms with Crippen LogP contribution in [0.3, 0.4) is 0 Å². The van der Waals surface area contributed by atoms with E-state index in [0.717, 1.165) is 0 Å². The Morgan fingerprint density at radius 3 is 2.52 bits per heavy atom. The van der Waals surface area contributed by atoms with Crippen molar-refractivity contribution in [3.8, 4) is 11.5 Å². The predicted molar refractivity (Wildman–Crippen MR) is 87.1 cm³/mol. The summed E-state index contributed by atoms with van der Waals surface area (Å²) in [7, 11) is 3.02. The van der Waals surface area contributed by atoms with Crippen LogP contribution in [-0.2, 0) is 9.53 Å². The summed E-state index contributed by atoms with van der Waals surface area (Å²) in [5.41, 5.74) is 0.425. The summed E-state index contributed by atoms with van der Waals surface area (Å²) in [6.45, 7) is 6.01. The van der Waals surface area contributed by atoms with Crippen LogP contribution < -0.4 is 14.8 Å². The van der Waals surface area contributed by atoms with Gasteiger partial charge in [0.1, 0.15) is 0 Å². The highest BCUT2D eigenvalue weighted by Gasteiger charge is 2.24. The number of ketones is 1. The van der Waals surface area contributed by atoms with Gasteiger partial charge < -0.3 is 19.5 Å². The van der Waals surface area contributed by atoms with Gasteiger partial charge in [-0.1, -0.05) is 6.08 Å². The number of esters is 1. The fraction of sp³-hybridized carbons (Fsp3) is 0.412. The number of hydrogen-bond acceptors (Lipinski definition) is 6. The summed E-state index contributed by atoms with van der Waals surface area (Å²) in [5, 5.41) is 2.98. The van der Waals surface area contributed by atoms with Gasteiger partial charge in [0.15, 0.2) is 17.3 Å². The molecule has 1 N–H and O–H groups in total. The first kappa shape index (κ1) is 18.7. The van der Waals surface area contributed by atoms with E-state index in [1.54, 1.807) is 31.2 Å². The topological polar surface area (TPSA) is 73.9 Å². The van der Waals surface area contributed by atoms with E-state index in [9.17, 15) is 9.59 Å². The zero-order valence-corrected chi connectivity index (χ0v) is 13.8. The molecule has 23 heavy (non-hydrogen) atoms. The van der Waals surface area contributed by atoms with Gasteiger partial charge in [-0.3, -0.25) is 9.59 Å². The molecule has 126 valence electrons. The lowest BCUT2D eigenvalue weighted by molar-refractivity contribution is -0.143. The number of Topliss-reactive ketones (excluding diaryl/α,β-unsaturated/α-hetero) is 1. The molecule has 0 fully saturated rings. The normalized spacial score (nSPS) is 11.4. The van der Waals surface area contributed by atoms with E-state index >= 15 is 0 Å². The summed E-state index contributed by atoms with van der Waals surface area (Å²) in [6, 6.07) is 4.19. The van der Waals surface area contributed by atoms with E-state index in [-0.39, 0.29) is 18.8 Å². The van der Waals surface area contributed by atoms with E-state index in [1.165, 1.54) is 14.2 Å². The SMILES string of the molecule is C=CCNC(CC(=O)OCC)C(=O)c1ccc(OC)c(OC)c1. The molecular formula is C17H23NO5. The minimum Gasteiger partial charge on any atom is -0.493 e. The van der Waals surface area contributed by atoms with Crippen molar-refractivity contribution in [2.24, 2.45) is 0 Å². The lowest BCUT2D eigenvalue weighted by Crippen LogP contribution is -2.39. The second kappa shape index (κ2) is 9.63. The molecule has 0 amide bonds. The summed E-state index contributed by atoms with van der Waals surface area (Å²) in [5.74, 6) is 0.339. The summed E-state index contributed by atoms with van der Waals surface area (Å²) in [6.07, 6.45) is 1.58. The summed E-state index contributed by atoms with van der Waals surface area (Å²) in [4.78, 5) is 24.3. The van der Waals surface area contributed by atoms with Crippen molar-refractivity contribution in [2.75, 3.05) is 27.4 Å². The minimum atomic E-state index is -0.690. The molecular weight excluding hydrogens is 298 g/mol. The highest BCUT2D eigenvalue weighted by Crippen LogP contribution is 2.28. The van der Waals surface area contributed by atoms with E-state index in [0.29, 0.717) is 23.6 Å². The molecule has 0 heterocycles. The van der Waals surface area contributed by atoms with Gasteiger partial charge in [-0.25, -0.2) is 0 Å². The highest BCUT2D eigenvalue weighted by molar-refractivity contribution is 6.02. The van der Waals surface area contributed by atoms with Crippen LogP contribution in [0.15, 0.2) is 30.9 Å². The van der Waals surface area contributed by atoms with Gasteiger partial charge in [0.05, 0.1) is 33.3 Å². The first-order valence-corrected chi connectivity index (χ1v) is 7.33. The Labute approximate surface area is 136 Å². The fourth-order valence-electron chi connectivity index (χ4n) is 2.06. The van der Waals surface area contributed by atoms with E-state index in [4.69, 9.17) is 14.2 Å². The van der Waals surface area contributed by atoms with Gasteiger partial charge in [0.25, 0.3) is 0 Å². The molecule has 1 aromatic carbocycles. The van der Waals surface area contributed by atoms with Gasteiger partial charge in [0, 0.05) is 12.1 Å². The monoisotopic (exact) mass is 321 g/mol. The molecule has 0 spiro atoms. The van der Waals surface area contributed by atoms with Crippen molar-refractivity contribution >= 4 is 11.8 Å². The van der Waals surface area contributed by atoms with Gasteiger partial charge in [0.2, 0.25) is 0 Å². The first-order chi connectivity index (χ1) is 11.1. The fourth-order valence-corrected chi connectivity index (χ4v) is 2.06. The molecule has 0 saturated carbocycles. The molecule has 1 rings (SSSR count). The third-order valence-corrected chi connectivity index (χ3v) is 3.17. The Bertz CT molecular complexity index is 556. The Morgan fingerprint density at radius 1 is 1.26 bits per heavy atom. The number of rotatable bonds is 10. The molecule has 0 aromatic heterocycles. The number of benzene rings is 1. The van der Waals surface area contributed by atoms with Gasteiger partial charge in [-0.2, -0.15) is 0 Å². The second-order valence-corrected chi connectivity index (χ2v) is 4.69. The summed E-state index contributed by atoms with van der Waals surface area (Å²) >= 11 is 0. The third-order valence-electron chi connectivity index (χ3n) is 3.17. The number of nitrogens with one attached hydrogen (secondary N) is 1. The lowest BCUT2D eigenvalue weighted by atomic mass is 10.0. The van der Waals surface area contributed by atoms with Crippen LogP contribution in [0, 0.1) is 0 Å². The molecule has 1 unspecified atom stereocenters. The maximum absolute atomic E-state index is 12.7. The van der Waals surface area contributed by atoms with E-state index in [1.807, 2.05) is 0 Å². The quantitative estimate of drug-likeness (QED) is 0.403. The zero-order valence-electron chi connectivity index (χ0n) is 13.8. The van der Waals surface area contributed by atoms with Gasteiger partial charge in [-0.05, 0) is 25.1 Å². The van der Waals surface area contributed by atoms with Crippen molar-refractivity contribution in [3.05, 3.63) is 36.4 Å². The number of carbonyl (C=O) groups is 2. The Morgan fingerprint density at radius 2 is 1.96 bits per heavy atom.